The quantitative estimate of drug-likeness (QED) is 0.799. The Hall–Kier alpha value is -1.62. The number of carbonyl (C=O) groups excluding carboxylic acids is 1. The van der Waals surface area contributed by atoms with Gasteiger partial charge in [0.2, 0.25) is 5.88 Å². The third-order valence-corrected chi connectivity index (χ3v) is 3.39. The van der Waals surface area contributed by atoms with Gasteiger partial charge in [-0.05, 0) is 32.8 Å². The lowest BCUT2D eigenvalue weighted by atomic mass is 9.99. The minimum atomic E-state index is -0.819. The fourth-order valence-electron chi connectivity index (χ4n) is 2.03. The number of aryl methyl sites for hydroxylation is 1. The van der Waals surface area contributed by atoms with Crippen LogP contribution in [0.3, 0.4) is 0 Å². The predicted octanol–water partition coefficient (Wildman–Crippen LogP) is 3.32. The standard InChI is InChI=1S/C16H26N2O3/c1-6-8-16(4,20-5)15(19)18-13-10-12(3)14(17-11-13)21-9-7-2/h10-11H,6-9H2,1-5H3,(H,18,19). The first-order valence-corrected chi connectivity index (χ1v) is 7.42. The molecule has 0 saturated heterocycles. The molecule has 1 N–H and O–H groups in total. The van der Waals surface area contributed by atoms with Crippen LogP contribution in [0, 0.1) is 6.92 Å². The van der Waals surface area contributed by atoms with Gasteiger partial charge in [0.25, 0.3) is 5.91 Å². The van der Waals surface area contributed by atoms with E-state index in [1.54, 1.807) is 20.2 Å². The number of ether oxygens (including phenoxy) is 2. The van der Waals surface area contributed by atoms with Crippen molar-refractivity contribution >= 4 is 11.6 Å². The third kappa shape index (κ3) is 4.70. The van der Waals surface area contributed by atoms with Crippen molar-refractivity contribution in [3.63, 3.8) is 0 Å². The van der Waals surface area contributed by atoms with E-state index in [-0.39, 0.29) is 5.91 Å². The van der Waals surface area contributed by atoms with Gasteiger partial charge < -0.3 is 14.8 Å². The molecule has 118 valence electrons. The number of nitrogens with zero attached hydrogens (tertiary/aromatic N) is 1. The highest BCUT2D eigenvalue weighted by atomic mass is 16.5. The van der Waals surface area contributed by atoms with Gasteiger partial charge in [-0.15, -0.1) is 0 Å². The van der Waals surface area contributed by atoms with Crippen molar-refractivity contribution in [3.05, 3.63) is 17.8 Å². The molecule has 0 bridgehead atoms. The Morgan fingerprint density at radius 1 is 1.38 bits per heavy atom. The first-order valence-electron chi connectivity index (χ1n) is 7.42. The molecule has 0 radical (unpaired) electrons. The monoisotopic (exact) mass is 294 g/mol. The minimum absolute atomic E-state index is 0.157. The molecule has 0 aliphatic rings. The Morgan fingerprint density at radius 2 is 2.10 bits per heavy atom. The topological polar surface area (TPSA) is 60.5 Å². The Morgan fingerprint density at radius 3 is 2.62 bits per heavy atom. The average molecular weight is 294 g/mol. The SMILES string of the molecule is CCCOc1ncc(NC(=O)C(C)(CCC)OC)cc1C. The minimum Gasteiger partial charge on any atom is -0.477 e. The lowest BCUT2D eigenvalue weighted by Crippen LogP contribution is -2.41. The predicted molar refractivity (Wildman–Crippen MR) is 83.7 cm³/mol. The number of amides is 1. The van der Waals surface area contributed by atoms with Crippen LogP contribution in [-0.2, 0) is 9.53 Å². The molecule has 1 atom stereocenters. The molecule has 0 spiro atoms. The number of carbonyl (C=O) groups is 1. The number of hydrogen-bond acceptors (Lipinski definition) is 4. The zero-order valence-electron chi connectivity index (χ0n) is 13.7. The summed E-state index contributed by atoms with van der Waals surface area (Å²) in [5.74, 6) is 0.452. The molecule has 1 unspecified atom stereocenters. The fourth-order valence-corrected chi connectivity index (χ4v) is 2.03. The summed E-state index contributed by atoms with van der Waals surface area (Å²) in [6.07, 6.45) is 4.08. The molecule has 0 aliphatic carbocycles. The van der Waals surface area contributed by atoms with E-state index < -0.39 is 5.60 Å². The van der Waals surface area contributed by atoms with Gasteiger partial charge in [0.15, 0.2) is 0 Å². The Balaban J connectivity index is 2.79. The van der Waals surface area contributed by atoms with Crippen molar-refractivity contribution in [3.8, 4) is 5.88 Å². The van der Waals surface area contributed by atoms with E-state index in [0.717, 1.165) is 18.4 Å². The number of nitrogens with one attached hydrogen (secondary N) is 1. The van der Waals surface area contributed by atoms with E-state index in [1.807, 2.05) is 26.8 Å². The van der Waals surface area contributed by atoms with Gasteiger partial charge in [0.05, 0.1) is 18.5 Å². The van der Waals surface area contributed by atoms with Gasteiger partial charge in [0, 0.05) is 12.7 Å². The van der Waals surface area contributed by atoms with Crippen LogP contribution in [0.1, 0.15) is 45.6 Å². The van der Waals surface area contributed by atoms with Crippen LogP contribution in [0.4, 0.5) is 5.69 Å². The van der Waals surface area contributed by atoms with Crippen molar-refractivity contribution < 1.29 is 14.3 Å². The maximum atomic E-state index is 12.3. The van der Waals surface area contributed by atoms with Crippen molar-refractivity contribution in [1.82, 2.24) is 4.98 Å². The largest absolute Gasteiger partial charge is 0.477 e. The highest BCUT2D eigenvalue weighted by Crippen LogP contribution is 2.22. The number of anilines is 1. The van der Waals surface area contributed by atoms with Crippen molar-refractivity contribution in [2.45, 2.75) is 52.6 Å². The summed E-state index contributed by atoms with van der Waals surface area (Å²) in [4.78, 5) is 16.6. The van der Waals surface area contributed by atoms with Gasteiger partial charge in [0.1, 0.15) is 5.60 Å². The van der Waals surface area contributed by atoms with E-state index in [9.17, 15) is 4.79 Å². The number of aromatic nitrogens is 1. The Bertz CT molecular complexity index is 477. The van der Waals surface area contributed by atoms with Crippen LogP contribution < -0.4 is 10.1 Å². The van der Waals surface area contributed by atoms with E-state index in [2.05, 4.69) is 10.3 Å². The molecule has 0 saturated carbocycles. The highest BCUT2D eigenvalue weighted by Gasteiger charge is 2.32. The van der Waals surface area contributed by atoms with E-state index in [1.165, 1.54) is 0 Å². The maximum absolute atomic E-state index is 12.3. The van der Waals surface area contributed by atoms with Gasteiger partial charge in [-0.3, -0.25) is 4.79 Å². The fraction of sp³-hybridized carbons (Fsp3) is 0.625. The van der Waals surface area contributed by atoms with Gasteiger partial charge in [-0.2, -0.15) is 0 Å². The van der Waals surface area contributed by atoms with Crippen LogP contribution in [0.2, 0.25) is 0 Å². The van der Waals surface area contributed by atoms with Gasteiger partial charge in [-0.1, -0.05) is 20.3 Å². The highest BCUT2D eigenvalue weighted by molar-refractivity contribution is 5.97. The molecule has 1 amide bonds. The summed E-state index contributed by atoms with van der Waals surface area (Å²) in [7, 11) is 1.56. The summed E-state index contributed by atoms with van der Waals surface area (Å²) in [5.41, 5.74) is 0.733. The summed E-state index contributed by atoms with van der Waals surface area (Å²) in [5, 5.41) is 2.86. The van der Waals surface area contributed by atoms with Crippen LogP contribution >= 0.6 is 0 Å². The summed E-state index contributed by atoms with van der Waals surface area (Å²) in [6.45, 7) is 8.41. The average Bonchev–Trinajstić information content (AvgIpc) is 2.46. The maximum Gasteiger partial charge on any atom is 0.256 e. The Kier molecular flexibility index (Phi) is 6.62. The molecular formula is C16H26N2O3. The van der Waals surface area contributed by atoms with E-state index in [0.29, 0.717) is 24.6 Å². The van der Waals surface area contributed by atoms with Crippen LogP contribution in [0.25, 0.3) is 0 Å². The van der Waals surface area contributed by atoms with Crippen molar-refractivity contribution in [1.29, 1.82) is 0 Å². The third-order valence-electron chi connectivity index (χ3n) is 3.39. The molecule has 0 aliphatic heterocycles. The molecule has 21 heavy (non-hydrogen) atoms. The second-order valence-corrected chi connectivity index (χ2v) is 5.33. The van der Waals surface area contributed by atoms with Gasteiger partial charge >= 0.3 is 0 Å². The second kappa shape index (κ2) is 7.98. The van der Waals surface area contributed by atoms with E-state index in [4.69, 9.17) is 9.47 Å². The molecule has 5 heteroatoms. The molecular weight excluding hydrogens is 268 g/mol. The lowest BCUT2D eigenvalue weighted by molar-refractivity contribution is -0.136. The molecule has 0 aromatic carbocycles. The smallest absolute Gasteiger partial charge is 0.256 e. The zero-order valence-corrected chi connectivity index (χ0v) is 13.7. The molecule has 1 aromatic rings. The van der Waals surface area contributed by atoms with Crippen LogP contribution in [0.5, 0.6) is 5.88 Å². The normalized spacial score (nSPS) is 13.6. The van der Waals surface area contributed by atoms with Gasteiger partial charge in [-0.25, -0.2) is 4.98 Å². The van der Waals surface area contributed by atoms with E-state index >= 15 is 0 Å². The lowest BCUT2D eigenvalue weighted by Gasteiger charge is -2.26. The molecule has 1 heterocycles. The second-order valence-electron chi connectivity index (χ2n) is 5.33. The van der Waals surface area contributed by atoms with Crippen molar-refractivity contribution in [2.24, 2.45) is 0 Å². The van der Waals surface area contributed by atoms with Crippen LogP contribution in [0.15, 0.2) is 12.3 Å². The van der Waals surface area contributed by atoms with Crippen molar-refractivity contribution in [2.75, 3.05) is 19.0 Å². The Labute approximate surface area is 127 Å². The summed E-state index contributed by atoms with van der Waals surface area (Å²) >= 11 is 0. The van der Waals surface area contributed by atoms with Crippen LogP contribution in [-0.4, -0.2) is 30.2 Å². The molecule has 1 rings (SSSR count). The first kappa shape index (κ1) is 17.4. The summed E-state index contributed by atoms with van der Waals surface area (Å²) < 4.78 is 10.9. The number of pyridine rings is 1. The summed E-state index contributed by atoms with van der Waals surface area (Å²) in [6, 6.07) is 1.86. The molecule has 5 nitrogen and oxygen atoms in total. The number of rotatable bonds is 8. The first-order chi connectivity index (χ1) is 9.96. The number of methoxy groups -OCH3 is 1. The molecule has 0 fully saturated rings. The number of hydrogen-bond donors (Lipinski definition) is 1. The molecule has 1 aromatic heterocycles. The zero-order chi connectivity index (χ0) is 15.9.